The van der Waals surface area contributed by atoms with E-state index in [2.05, 4.69) is 20.2 Å². The molecule has 0 saturated carbocycles. The number of alkyl halides is 3. The summed E-state index contributed by atoms with van der Waals surface area (Å²) in [5.41, 5.74) is 1.18. The second-order valence-electron chi connectivity index (χ2n) is 7.60. The van der Waals surface area contributed by atoms with Gasteiger partial charge in [0.2, 0.25) is 0 Å². The van der Waals surface area contributed by atoms with Crippen molar-refractivity contribution in [1.29, 1.82) is 0 Å². The van der Waals surface area contributed by atoms with E-state index < -0.39 is 11.7 Å². The van der Waals surface area contributed by atoms with Crippen molar-refractivity contribution in [3.63, 3.8) is 0 Å². The van der Waals surface area contributed by atoms with Gasteiger partial charge < -0.3 is 19.9 Å². The van der Waals surface area contributed by atoms with Gasteiger partial charge in [-0.25, -0.2) is 4.98 Å². The number of halogens is 3. The van der Waals surface area contributed by atoms with Gasteiger partial charge in [0.15, 0.2) is 5.96 Å². The molecule has 2 aromatic rings. The summed E-state index contributed by atoms with van der Waals surface area (Å²) in [6.45, 7) is 5.35. The summed E-state index contributed by atoms with van der Waals surface area (Å²) in [6.07, 6.45) is -2.36. The summed E-state index contributed by atoms with van der Waals surface area (Å²) < 4.78 is 43.8. The zero-order valence-electron chi connectivity index (χ0n) is 18.0. The van der Waals surface area contributed by atoms with Crippen molar-refractivity contribution in [2.24, 2.45) is 4.99 Å². The fraction of sp³-hybridized carbons (Fsp3) is 0.455. The van der Waals surface area contributed by atoms with Gasteiger partial charge in [-0.1, -0.05) is 12.1 Å². The Morgan fingerprint density at radius 2 is 2.00 bits per heavy atom. The van der Waals surface area contributed by atoms with Gasteiger partial charge in [0, 0.05) is 46.5 Å². The van der Waals surface area contributed by atoms with E-state index in [1.165, 1.54) is 12.1 Å². The molecule has 1 saturated heterocycles. The van der Waals surface area contributed by atoms with E-state index in [9.17, 15) is 13.2 Å². The lowest BCUT2D eigenvalue weighted by Gasteiger charge is -2.32. The maximum absolute atomic E-state index is 12.7. The minimum Gasteiger partial charge on any atom is -0.375 e. The molecule has 2 heterocycles. The number of aliphatic imine (C=N–C) groups is 1. The van der Waals surface area contributed by atoms with Gasteiger partial charge in [0.1, 0.15) is 5.82 Å². The van der Waals surface area contributed by atoms with E-state index in [0.717, 1.165) is 42.2 Å². The minimum atomic E-state index is -4.33. The molecule has 1 N–H and O–H groups in total. The molecule has 3 rings (SSSR count). The molecule has 1 atom stereocenters. The smallest absolute Gasteiger partial charge is 0.375 e. The molecule has 0 radical (unpaired) electrons. The summed E-state index contributed by atoms with van der Waals surface area (Å²) in [7, 11) is 3.53. The first-order chi connectivity index (χ1) is 14.8. The molecule has 6 nitrogen and oxygen atoms in total. The predicted octanol–water partition coefficient (Wildman–Crippen LogP) is 3.53. The topological polar surface area (TPSA) is 53.0 Å². The molecule has 1 aliphatic rings. The Labute approximate surface area is 180 Å². The number of hydrogen-bond acceptors (Lipinski definition) is 4. The predicted molar refractivity (Wildman–Crippen MR) is 115 cm³/mol. The molecule has 9 heteroatoms. The number of ether oxygens (including phenoxy) is 1. The minimum absolute atomic E-state index is 0.176. The largest absolute Gasteiger partial charge is 0.416 e. The first-order valence-corrected chi connectivity index (χ1v) is 10.2. The normalized spacial score (nSPS) is 17.5. The van der Waals surface area contributed by atoms with Crippen LogP contribution in [0.1, 0.15) is 23.6 Å². The van der Waals surface area contributed by atoms with Crippen LogP contribution in [0.15, 0.2) is 47.6 Å². The summed E-state index contributed by atoms with van der Waals surface area (Å²) in [6, 6.07) is 9.18. The Morgan fingerprint density at radius 3 is 2.65 bits per heavy atom. The molecule has 1 fully saturated rings. The zero-order chi connectivity index (χ0) is 22.4. The first kappa shape index (κ1) is 22.9. The van der Waals surface area contributed by atoms with Gasteiger partial charge in [-0.15, -0.1) is 0 Å². The summed E-state index contributed by atoms with van der Waals surface area (Å²) in [5.74, 6) is 1.57. The van der Waals surface area contributed by atoms with Crippen LogP contribution in [0.4, 0.5) is 19.0 Å². The number of nitrogens with zero attached hydrogens (tertiary/aromatic N) is 4. The highest BCUT2D eigenvalue weighted by molar-refractivity contribution is 5.79. The number of morpholine rings is 1. The molecular weight excluding hydrogens is 407 g/mol. The third-order valence-electron chi connectivity index (χ3n) is 5.10. The molecule has 1 unspecified atom stereocenters. The van der Waals surface area contributed by atoms with Crippen LogP contribution in [-0.4, -0.2) is 55.7 Å². The highest BCUT2D eigenvalue weighted by Crippen LogP contribution is 2.29. The van der Waals surface area contributed by atoms with Gasteiger partial charge in [-0.3, -0.25) is 4.99 Å². The average Bonchev–Trinajstić information content (AvgIpc) is 2.74. The molecule has 1 aliphatic heterocycles. The molecule has 0 amide bonds. The van der Waals surface area contributed by atoms with Crippen molar-refractivity contribution in [3.05, 3.63) is 59.3 Å². The van der Waals surface area contributed by atoms with Gasteiger partial charge in [0.05, 0.1) is 18.3 Å². The first-order valence-electron chi connectivity index (χ1n) is 10.2. The molecule has 1 aromatic carbocycles. The lowest BCUT2D eigenvalue weighted by molar-refractivity contribution is -0.137. The maximum atomic E-state index is 12.7. The van der Waals surface area contributed by atoms with E-state index in [1.54, 1.807) is 13.2 Å². The fourth-order valence-corrected chi connectivity index (χ4v) is 3.48. The second-order valence-corrected chi connectivity index (χ2v) is 7.60. The SMILES string of the molecule is CN=C(NCc1ccnc(N2CCOC(C)C2)c1)N(C)Cc1ccc(C(F)(F)F)cc1. The molecule has 31 heavy (non-hydrogen) atoms. The van der Waals surface area contributed by atoms with Crippen molar-refractivity contribution in [1.82, 2.24) is 15.2 Å². The quantitative estimate of drug-likeness (QED) is 0.575. The lowest BCUT2D eigenvalue weighted by atomic mass is 10.1. The van der Waals surface area contributed by atoms with E-state index in [1.807, 2.05) is 31.0 Å². The van der Waals surface area contributed by atoms with Gasteiger partial charge in [0.25, 0.3) is 0 Å². The van der Waals surface area contributed by atoms with E-state index in [4.69, 9.17) is 4.74 Å². The number of pyridine rings is 1. The van der Waals surface area contributed by atoms with Crippen LogP contribution in [0.25, 0.3) is 0 Å². The highest BCUT2D eigenvalue weighted by Gasteiger charge is 2.30. The number of aromatic nitrogens is 1. The Balaban J connectivity index is 1.58. The monoisotopic (exact) mass is 435 g/mol. The van der Waals surface area contributed by atoms with Crippen LogP contribution < -0.4 is 10.2 Å². The molecular formula is C22H28F3N5O. The van der Waals surface area contributed by atoms with Gasteiger partial charge in [-0.05, 0) is 42.3 Å². The third kappa shape index (κ3) is 6.33. The Kier molecular flexibility index (Phi) is 7.37. The Hall–Kier alpha value is -2.81. The van der Waals surface area contributed by atoms with Crippen LogP contribution in [0, 0.1) is 0 Å². The van der Waals surface area contributed by atoms with Gasteiger partial charge in [-0.2, -0.15) is 13.2 Å². The number of guanidine groups is 1. The van der Waals surface area contributed by atoms with Crippen LogP contribution >= 0.6 is 0 Å². The average molecular weight is 435 g/mol. The maximum Gasteiger partial charge on any atom is 0.416 e. The van der Waals surface area contributed by atoms with Crippen molar-refractivity contribution >= 4 is 11.8 Å². The number of anilines is 1. The molecule has 168 valence electrons. The van der Waals surface area contributed by atoms with E-state index in [-0.39, 0.29) is 6.10 Å². The van der Waals surface area contributed by atoms with Crippen molar-refractivity contribution < 1.29 is 17.9 Å². The lowest BCUT2D eigenvalue weighted by Crippen LogP contribution is -2.41. The third-order valence-corrected chi connectivity index (χ3v) is 5.10. The molecule has 0 bridgehead atoms. The van der Waals surface area contributed by atoms with Crippen molar-refractivity contribution in [2.75, 3.05) is 38.7 Å². The standard InChI is InChI=1S/C22H28F3N5O/c1-16-14-30(10-11-31-16)20-12-18(8-9-27-20)13-28-21(26-2)29(3)15-17-4-6-19(7-5-17)22(23,24)25/h4-9,12,16H,10-11,13-15H2,1-3H3,(H,26,28). The van der Waals surface area contributed by atoms with Crippen molar-refractivity contribution in [2.45, 2.75) is 32.3 Å². The number of hydrogen-bond donors (Lipinski definition) is 1. The van der Waals surface area contributed by atoms with Crippen LogP contribution in [0.3, 0.4) is 0 Å². The van der Waals surface area contributed by atoms with Crippen molar-refractivity contribution in [3.8, 4) is 0 Å². The Bertz CT molecular complexity index is 885. The van der Waals surface area contributed by atoms with E-state index in [0.29, 0.717) is 25.7 Å². The molecule has 1 aromatic heterocycles. The van der Waals surface area contributed by atoms with Gasteiger partial charge >= 0.3 is 6.18 Å². The van der Waals surface area contributed by atoms with Crippen LogP contribution in [-0.2, 0) is 24.0 Å². The summed E-state index contributed by atoms with van der Waals surface area (Å²) >= 11 is 0. The zero-order valence-corrected chi connectivity index (χ0v) is 18.0. The Morgan fingerprint density at radius 1 is 1.26 bits per heavy atom. The number of nitrogens with one attached hydrogen (secondary N) is 1. The van der Waals surface area contributed by atoms with Crippen LogP contribution in [0.5, 0.6) is 0 Å². The molecule has 0 spiro atoms. The van der Waals surface area contributed by atoms with E-state index >= 15 is 0 Å². The number of benzene rings is 1. The second kappa shape index (κ2) is 10.00. The van der Waals surface area contributed by atoms with Crippen LogP contribution in [0.2, 0.25) is 0 Å². The number of rotatable bonds is 5. The highest BCUT2D eigenvalue weighted by atomic mass is 19.4. The summed E-state index contributed by atoms with van der Waals surface area (Å²) in [4.78, 5) is 12.8. The summed E-state index contributed by atoms with van der Waals surface area (Å²) in [5, 5.41) is 3.31. The molecule has 0 aliphatic carbocycles. The fourth-order valence-electron chi connectivity index (χ4n) is 3.48.